The van der Waals surface area contributed by atoms with E-state index < -0.39 is 9.84 Å². The van der Waals surface area contributed by atoms with Crippen LogP contribution in [0.2, 0.25) is 0 Å². The lowest BCUT2D eigenvalue weighted by Crippen LogP contribution is -2.38. The molecule has 1 aromatic heterocycles. The maximum absolute atomic E-state index is 12.1. The second-order valence-electron chi connectivity index (χ2n) is 5.56. The van der Waals surface area contributed by atoms with Crippen LogP contribution >= 0.6 is 0 Å². The minimum atomic E-state index is -3.01. The number of benzene rings is 1. The van der Waals surface area contributed by atoms with Crippen LogP contribution in [0.4, 0.5) is 10.5 Å². The quantitative estimate of drug-likeness (QED) is 0.880. The minimum absolute atomic E-state index is 0.00928. The van der Waals surface area contributed by atoms with Gasteiger partial charge in [-0.25, -0.2) is 13.2 Å². The van der Waals surface area contributed by atoms with Gasteiger partial charge in [0.05, 0.1) is 18.1 Å². The summed E-state index contributed by atoms with van der Waals surface area (Å²) < 4.78 is 24.6. The van der Waals surface area contributed by atoms with E-state index in [9.17, 15) is 13.2 Å². The standard InChI is InChI=1S/C15H18N4O3S/c20-15(17-13-6-9-23(21,22)11-13)18-14-5-2-1-4-12(14)10-19-8-3-7-16-19/h1-5,7-8,13H,6,9-11H2,(H2,17,18,20)/t13-/m1/s1. The van der Waals surface area contributed by atoms with Crippen LogP contribution in [0.1, 0.15) is 12.0 Å². The van der Waals surface area contributed by atoms with Crippen LogP contribution in [0.15, 0.2) is 42.7 Å². The number of sulfone groups is 1. The topological polar surface area (TPSA) is 93.1 Å². The number of urea groups is 1. The van der Waals surface area contributed by atoms with Gasteiger partial charge < -0.3 is 10.6 Å². The van der Waals surface area contributed by atoms with Crippen molar-refractivity contribution in [2.24, 2.45) is 0 Å². The summed E-state index contributed by atoms with van der Waals surface area (Å²) in [4.78, 5) is 12.1. The molecule has 0 unspecified atom stereocenters. The maximum Gasteiger partial charge on any atom is 0.319 e. The highest BCUT2D eigenvalue weighted by molar-refractivity contribution is 7.91. The molecule has 3 rings (SSSR count). The monoisotopic (exact) mass is 334 g/mol. The first-order valence-corrected chi connectivity index (χ1v) is 9.17. The Bertz CT molecular complexity index is 787. The number of nitrogens with one attached hydrogen (secondary N) is 2. The summed E-state index contributed by atoms with van der Waals surface area (Å²) in [6, 6.07) is 8.58. The number of nitrogens with zero attached hydrogens (tertiary/aromatic N) is 2. The molecule has 1 aliphatic rings. The van der Waals surface area contributed by atoms with E-state index in [0.717, 1.165) is 5.56 Å². The van der Waals surface area contributed by atoms with E-state index in [1.165, 1.54) is 0 Å². The molecule has 0 spiro atoms. The van der Waals surface area contributed by atoms with Gasteiger partial charge >= 0.3 is 6.03 Å². The number of rotatable bonds is 4. The first kappa shape index (κ1) is 15.5. The van der Waals surface area contributed by atoms with Gasteiger partial charge in [-0.2, -0.15) is 5.10 Å². The van der Waals surface area contributed by atoms with Crippen molar-refractivity contribution >= 4 is 21.6 Å². The van der Waals surface area contributed by atoms with Crippen molar-refractivity contribution in [1.29, 1.82) is 0 Å². The Morgan fingerprint density at radius 3 is 2.83 bits per heavy atom. The average Bonchev–Trinajstić information content (AvgIpc) is 3.10. The van der Waals surface area contributed by atoms with Crippen molar-refractivity contribution in [2.75, 3.05) is 16.8 Å². The normalized spacial score (nSPS) is 19.4. The molecule has 8 heteroatoms. The summed E-state index contributed by atoms with van der Waals surface area (Å²) in [5, 5.41) is 9.66. The lowest BCUT2D eigenvalue weighted by Gasteiger charge is -2.14. The third kappa shape index (κ3) is 4.10. The molecule has 0 aliphatic carbocycles. The lowest BCUT2D eigenvalue weighted by molar-refractivity contribution is 0.249. The second-order valence-corrected chi connectivity index (χ2v) is 7.79. The first-order valence-electron chi connectivity index (χ1n) is 7.35. The Balaban J connectivity index is 1.64. The van der Waals surface area contributed by atoms with Crippen molar-refractivity contribution in [3.8, 4) is 0 Å². The number of para-hydroxylation sites is 1. The minimum Gasteiger partial charge on any atom is -0.334 e. The van der Waals surface area contributed by atoms with Gasteiger partial charge in [-0.05, 0) is 24.1 Å². The second kappa shape index (κ2) is 6.41. The summed E-state index contributed by atoms with van der Waals surface area (Å²) in [5.41, 5.74) is 1.60. The van der Waals surface area contributed by atoms with Crippen molar-refractivity contribution in [3.05, 3.63) is 48.3 Å². The Morgan fingerprint density at radius 1 is 1.30 bits per heavy atom. The molecular weight excluding hydrogens is 316 g/mol. The fraction of sp³-hybridized carbons (Fsp3) is 0.333. The van der Waals surface area contributed by atoms with Gasteiger partial charge in [-0.3, -0.25) is 4.68 Å². The van der Waals surface area contributed by atoms with Crippen LogP contribution < -0.4 is 10.6 Å². The molecule has 122 valence electrons. The van der Waals surface area contributed by atoms with Crippen molar-refractivity contribution < 1.29 is 13.2 Å². The Kier molecular flexibility index (Phi) is 4.33. The van der Waals surface area contributed by atoms with Gasteiger partial charge in [0.1, 0.15) is 0 Å². The predicted molar refractivity (Wildman–Crippen MR) is 87.0 cm³/mol. The van der Waals surface area contributed by atoms with Crippen molar-refractivity contribution in [2.45, 2.75) is 19.0 Å². The van der Waals surface area contributed by atoms with Crippen LogP contribution in [0.25, 0.3) is 0 Å². The Hall–Kier alpha value is -2.35. The highest BCUT2D eigenvalue weighted by Gasteiger charge is 2.28. The van der Waals surface area contributed by atoms with E-state index >= 15 is 0 Å². The fourth-order valence-corrected chi connectivity index (χ4v) is 4.27. The molecule has 1 atom stereocenters. The number of anilines is 1. The highest BCUT2D eigenvalue weighted by Crippen LogP contribution is 2.17. The molecule has 1 fully saturated rings. The molecule has 2 heterocycles. The van der Waals surface area contributed by atoms with Gasteiger partial charge in [0.15, 0.2) is 9.84 Å². The summed E-state index contributed by atoms with van der Waals surface area (Å²) >= 11 is 0. The van der Waals surface area contributed by atoms with Gasteiger partial charge in [0.2, 0.25) is 0 Å². The van der Waals surface area contributed by atoms with Gasteiger partial charge in [0, 0.05) is 24.1 Å². The molecule has 1 aliphatic heterocycles. The smallest absolute Gasteiger partial charge is 0.319 e. The SMILES string of the molecule is O=C(Nc1ccccc1Cn1cccn1)N[C@@H]1CCS(=O)(=O)C1. The summed E-state index contributed by atoms with van der Waals surface area (Å²) in [6.07, 6.45) is 4.01. The largest absolute Gasteiger partial charge is 0.334 e. The average molecular weight is 334 g/mol. The molecule has 0 saturated carbocycles. The van der Waals surface area contributed by atoms with E-state index in [2.05, 4.69) is 15.7 Å². The molecule has 23 heavy (non-hydrogen) atoms. The van der Waals surface area contributed by atoms with Gasteiger partial charge in [-0.15, -0.1) is 0 Å². The molecule has 1 saturated heterocycles. The van der Waals surface area contributed by atoms with E-state index in [1.54, 1.807) is 10.9 Å². The number of hydrogen-bond acceptors (Lipinski definition) is 4. The number of hydrogen-bond donors (Lipinski definition) is 2. The van der Waals surface area contributed by atoms with Gasteiger partial charge in [-0.1, -0.05) is 18.2 Å². The summed E-state index contributed by atoms with van der Waals surface area (Å²) in [5.74, 6) is 0.142. The number of amides is 2. The molecule has 2 N–H and O–H groups in total. The molecule has 7 nitrogen and oxygen atoms in total. The summed E-state index contributed by atoms with van der Waals surface area (Å²) in [7, 11) is -3.01. The fourth-order valence-electron chi connectivity index (χ4n) is 2.60. The predicted octanol–water partition coefficient (Wildman–Crippen LogP) is 1.24. The van der Waals surface area contributed by atoms with Crippen molar-refractivity contribution in [3.63, 3.8) is 0 Å². The Labute approximate surface area is 134 Å². The zero-order valence-corrected chi connectivity index (χ0v) is 13.3. The number of aromatic nitrogens is 2. The van der Waals surface area contributed by atoms with Crippen LogP contribution in [-0.4, -0.2) is 41.8 Å². The van der Waals surface area contributed by atoms with E-state index in [4.69, 9.17) is 0 Å². The van der Waals surface area contributed by atoms with E-state index in [0.29, 0.717) is 18.7 Å². The number of carbonyl (C=O) groups excluding carboxylic acids is 1. The molecule has 2 amide bonds. The molecular formula is C15H18N4O3S. The van der Waals surface area contributed by atoms with Crippen LogP contribution in [0.5, 0.6) is 0 Å². The molecule has 1 aromatic carbocycles. The third-order valence-electron chi connectivity index (χ3n) is 3.72. The Morgan fingerprint density at radius 2 is 2.13 bits per heavy atom. The molecule has 0 radical (unpaired) electrons. The third-order valence-corrected chi connectivity index (χ3v) is 5.49. The zero-order valence-electron chi connectivity index (χ0n) is 12.5. The van der Waals surface area contributed by atoms with E-state index in [-0.39, 0.29) is 23.6 Å². The number of carbonyl (C=O) groups is 1. The highest BCUT2D eigenvalue weighted by atomic mass is 32.2. The van der Waals surface area contributed by atoms with Crippen LogP contribution in [-0.2, 0) is 16.4 Å². The zero-order chi connectivity index (χ0) is 16.3. The van der Waals surface area contributed by atoms with Crippen molar-refractivity contribution in [1.82, 2.24) is 15.1 Å². The molecule has 2 aromatic rings. The molecule has 0 bridgehead atoms. The van der Waals surface area contributed by atoms with Crippen LogP contribution in [0, 0.1) is 0 Å². The maximum atomic E-state index is 12.1. The lowest BCUT2D eigenvalue weighted by atomic mass is 10.2. The summed E-state index contributed by atoms with van der Waals surface area (Å²) in [6.45, 7) is 0.543. The first-order chi connectivity index (χ1) is 11.0. The van der Waals surface area contributed by atoms with Crippen LogP contribution in [0.3, 0.4) is 0 Å². The van der Waals surface area contributed by atoms with E-state index in [1.807, 2.05) is 36.5 Å². The van der Waals surface area contributed by atoms with Gasteiger partial charge in [0.25, 0.3) is 0 Å².